The van der Waals surface area contributed by atoms with E-state index in [0.717, 1.165) is 0 Å². The Balaban J connectivity index is 0.000000102. The Morgan fingerprint density at radius 2 is 0.317 bits per heavy atom. The summed E-state index contributed by atoms with van der Waals surface area (Å²) in [6.45, 7) is 0. The maximum atomic E-state index is 2.49. The van der Waals surface area contributed by atoms with Gasteiger partial charge in [0.05, 0.1) is 66.2 Å². The fourth-order valence-electron chi connectivity index (χ4n) is 23.7. The van der Waals surface area contributed by atoms with Crippen LogP contribution in [0.25, 0.3) is 274 Å². The van der Waals surface area contributed by atoms with Crippen LogP contribution in [0.1, 0.15) is 0 Å². The molecule has 31 rings (SSSR count). The molecule has 0 aliphatic rings. The lowest BCUT2D eigenvalue weighted by Crippen LogP contribution is -1.97. The molecule has 0 saturated heterocycles. The third-order valence-electron chi connectivity index (χ3n) is 29.9. The van der Waals surface area contributed by atoms with Crippen molar-refractivity contribution in [1.29, 1.82) is 0 Å². The van der Waals surface area contributed by atoms with E-state index in [1.165, 1.54) is 274 Å². The van der Waals surface area contributed by atoms with Gasteiger partial charge in [0.15, 0.2) is 0 Å². The van der Waals surface area contributed by atoms with Crippen LogP contribution in [-0.4, -0.2) is 27.4 Å². The van der Waals surface area contributed by atoms with Crippen molar-refractivity contribution in [3.8, 4) is 67.5 Å². The first-order valence-corrected chi connectivity index (χ1v) is 49.0. The molecule has 25 aromatic carbocycles. The fourth-order valence-corrected chi connectivity index (χ4v) is 23.7. The summed E-state index contributed by atoms with van der Waals surface area (Å²) in [5.74, 6) is 0. The van der Waals surface area contributed by atoms with E-state index >= 15 is 0 Å². The Labute approximate surface area is 817 Å². The summed E-state index contributed by atoms with van der Waals surface area (Å²) in [6.07, 6.45) is 0. The van der Waals surface area contributed by atoms with E-state index in [9.17, 15) is 0 Å². The quantitative estimate of drug-likeness (QED) is 0.138. The van der Waals surface area contributed by atoms with Crippen molar-refractivity contribution in [1.82, 2.24) is 27.4 Å². The molecule has 6 heterocycles. The highest BCUT2D eigenvalue weighted by Gasteiger charge is 2.28. The molecule has 0 unspecified atom stereocenters. The summed E-state index contributed by atoms with van der Waals surface area (Å²) in [6, 6.07) is 191. The maximum Gasteiger partial charge on any atom is 0.0625 e. The highest BCUT2D eigenvalue weighted by atomic mass is 15.0. The molecule has 142 heavy (non-hydrogen) atoms. The van der Waals surface area contributed by atoms with Crippen molar-refractivity contribution in [3.63, 3.8) is 0 Å². The zero-order valence-corrected chi connectivity index (χ0v) is 77.3. The first-order valence-electron chi connectivity index (χ1n) is 49.0. The molecule has 0 aliphatic carbocycles. The zero-order chi connectivity index (χ0) is 93.1. The molecule has 0 amide bonds. The van der Waals surface area contributed by atoms with Crippen LogP contribution in [0.3, 0.4) is 0 Å². The zero-order valence-electron chi connectivity index (χ0n) is 77.3. The Kier molecular flexibility index (Phi) is 18.3. The molecule has 0 aliphatic heterocycles. The summed E-state index contributed by atoms with van der Waals surface area (Å²) >= 11 is 0. The normalized spacial score (nSPS) is 11.9. The summed E-state index contributed by atoms with van der Waals surface area (Å²) < 4.78 is 14.7. The molecule has 660 valence electrons. The van der Waals surface area contributed by atoms with Crippen LogP contribution in [0.15, 0.2) is 522 Å². The minimum Gasteiger partial charge on any atom is -0.309 e. The van der Waals surface area contributed by atoms with E-state index in [4.69, 9.17) is 0 Å². The van der Waals surface area contributed by atoms with E-state index in [0.29, 0.717) is 0 Å². The molecule has 0 radical (unpaired) electrons. The summed E-state index contributed by atoms with van der Waals surface area (Å²) in [7, 11) is 0. The Morgan fingerprint density at radius 1 is 0.0986 bits per heavy atom. The lowest BCUT2D eigenvalue weighted by molar-refractivity contribution is 1.18. The van der Waals surface area contributed by atoms with Gasteiger partial charge in [0.1, 0.15) is 0 Å². The van der Waals surface area contributed by atoms with Crippen molar-refractivity contribution in [2.45, 2.75) is 0 Å². The van der Waals surface area contributed by atoms with Crippen LogP contribution in [0, 0.1) is 0 Å². The van der Waals surface area contributed by atoms with Gasteiger partial charge in [-0.25, -0.2) is 0 Å². The van der Waals surface area contributed by atoms with Crippen molar-refractivity contribution < 1.29 is 0 Å². The van der Waals surface area contributed by atoms with Crippen LogP contribution in [0.2, 0.25) is 0 Å². The highest BCUT2D eigenvalue weighted by molar-refractivity contribution is 6.27. The van der Waals surface area contributed by atoms with Gasteiger partial charge in [-0.3, -0.25) is 0 Å². The lowest BCUT2D eigenvalue weighted by Gasteiger charge is -2.16. The summed E-state index contributed by atoms with van der Waals surface area (Å²) in [5.41, 5.74) is 29.0. The molecule has 31 aromatic rings. The number of fused-ring (bicyclic) bond motifs is 25. The molecule has 6 nitrogen and oxygen atoms in total. The van der Waals surface area contributed by atoms with E-state index in [1.807, 2.05) is 0 Å². The van der Waals surface area contributed by atoms with Gasteiger partial charge in [-0.1, -0.05) is 364 Å². The van der Waals surface area contributed by atoms with Gasteiger partial charge in [-0.05, 0) is 250 Å². The lowest BCUT2D eigenvalue weighted by atomic mass is 9.93. The molecule has 0 fully saturated rings. The summed E-state index contributed by atoms with van der Waals surface area (Å²) in [5, 5.41) is 32.6. The van der Waals surface area contributed by atoms with E-state index in [2.05, 4.69) is 549 Å². The van der Waals surface area contributed by atoms with Crippen LogP contribution < -0.4 is 0 Å². The second-order valence-electron chi connectivity index (χ2n) is 37.7. The molecule has 0 saturated carbocycles. The van der Waals surface area contributed by atoms with Gasteiger partial charge in [0.25, 0.3) is 0 Å². The molecule has 0 N–H and O–H groups in total. The van der Waals surface area contributed by atoms with Crippen molar-refractivity contribution in [3.05, 3.63) is 522 Å². The van der Waals surface area contributed by atoms with Crippen LogP contribution in [0.5, 0.6) is 0 Å². The summed E-state index contributed by atoms with van der Waals surface area (Å²) in [4.78, 5) is 0. The third kappa shape index (κ3) is 12.7. The van der Waals surface area contributed by atoms with Crippen LogP contribution in [-0.2, 0) is 0 Å². The molecular formula is C136H86N6. The predicted molar refractivity (Wildman–Crippen MR) is 604 cm³/mol. The second-order valence-corrected chi connectivity index (χ2v) is 37.7. The number of rotatable bonds is 9. The molecule has 0 atom stereocenters. The Hall–Kier alpha value is -18.9. The van der Waals surface area contributed by atoms with Gasteiger partial charge in [-0.15, -0.1) is 0 Å². The highest BCUT2D eigenvalue weighted by Crippen LogP contribution is 2.51. The van der Waals surface area contributed by atoms with Crippen LogP contribution in [0.4, 0.5) is 0 Å². The third-order valence-corrected chi connectivity index (χ3v) is 29.9. The number of hydrogen-bond acceptors (Lipinski definition) is 0. The predicted octanol–water partition coefficient (Wildman–Crippen LogP) is 36.7. The second kappa shape index (κ2) is 32.4. The number of benzene rings is 25. The monoisotopic (exact) mass is 1800 g/mol. The number of aromatic nitrogens is 6. The van der Waals surface area contributed by atoms with Gasteiger partial charge in [-0.2, -0.15) is 0 Å². The maximum absolute atomic E-state index is 2.49. The van der Waals surface area contributed by atoms with Crippen molar-refractivity contribution >= 4 is 206 Å². The Morgan fingerprint density at radius 3 is 0.648 bits per heavy atom. The smallest absolute Gasteiger partial charge is 0.0625 e. The first-order chi connectivity index (χ1) is 70.5. The molecule has 6 heteroatoms. The van der Waals surface area contributed by atoms with E-state index in [-0.39, 0.29) is 0 Å². The molecule has 6 aromatic heterocycles. The first kappa shape index (κ1) is 80.4. The van der Waals surface area contributed by atoms with E-state index in [1.54, 1.807) is 0 Å². The van der Waals surface area contributed by atoms with Crippen LogP contribution >= 0.6 is 0 Å². The topological polar surface area (TPSA) is 29.6 Å². The minimum atomic E-state index is 1.17. The average Bonchev–Trinajstić information content (AvgIpc) is 1.55. The van der Waals surface area contributed by atoms with Gasteiger partial charge < -0.3 is 27.4 Å². The van der Waals surface area contributed by atoms with Gasteiger partial charge in [0, 0.05) is 115 Å². The standard InChI is InChI=1S/C48H30N2.2C44H28N2/c1-3-13-33-27-37(24-21-31(33)11-1)49-44-19-9-7-17-40(44)42-30-36(23-26-46(42)49)47-39-16-6-5-15-35(39)29-43-41-18-8-10-20-45(41)50(48(43)47)38-25-22-32-12-2-4-14-34(32)28-38;1-2-15-33(16-3-1)45-40-20-10-8-18-36(40)38-28-32(23-25-42(38)45)43-35-17-7-6-14-31(35)27-39-37-19-9-11-21-41(37)46(44(39)43)34-24-22-29-12-4-5-13-30(29)26-34;1-2-15-33(16-3-1)45-40-20-10-8-18-36(40)38-25-23-32(28-42(38)45)43-35-17-7-6-14-31(35)27-39-37-19-9-11-21-41(37)46(44(39)43)34-24-22-29-12-4-5-13-30(29)26-34/h1-30H;2*1-28H. The number of para-hydroxylation sites is 8. The average molecular weight is 1800 g/mol. The van der Waals surface area contributed by atoms with Gasteiger partial charge in [0.2, 0.25) is 0 Å². The SMILES string of the molecule is c1ccc(-n2c3ccccc3c3cc(-c4c5ccccc5cc5c6ccccc6n(-c6ccc7ccccc7c6)c45)ccc32)cc1.c1ccc(-n2c3ccccc3c3ccc(-c4c5ccccc5cc5c6ccccc6n(-c6ccc7ccccc7c6)c45)cc32)cc1.c1ccc2cc(-n3c4ccccc4c4cc(-c5c6ccccc6cc6c7ccccc7n(-c7ccc8ccccc8c7)c56)ccc43)ccc2c1. The minimum absolute atomic E-state index is 1.17. The molecule has 0 bridgehead atoms. The number of nitrogens with zero attached hydrogens (tertiary/aromatic N) is 6. The van der Waals surface area contributed by atoms with E-state index < -0.39 is 0 Å². The van der Waals surface area contributed by atoms with Crippen molar-refractivity contribution in [2.75, 3.05) is 0 Å². The fraction of sp³-hybridized carbons (Fsp3) is 0. The van der Waals surface area contributed by atoms with Gasteiger partial charge >= 0.3 is 0 Å². The molecular weight excluding hydrogens is 1720 g/mol. The Bertz CT molecular complexity index is 10700. The van der Waals surface area contributed by atoms with Crippen molar-refractivity contribution in [2.24, 2.45) is 0 Å². The largest absolute Gasteiger partial charge is 0.309 e. The number of hydrogen-bond donors (Lipinski definition) is 0. The molecule has 0 spiro atoms.